The smallest absolute Gasteiger partial charge is 0.276 e. The normalized spacial score (nSPS) is 17.4. The summed E-state index contributed by atoms with van der Waals surface area (Å²) < 4.78 is 9.92. The first-order chi connectivity index (χ1) is 8.20. The predicted molar refractivity (Wildman–Crippen MR) is 60.6 cm³/mol. The molecule has 1 saturated heterocycles. The number of hydrogen-bond donors (Lipinski definition) is 0. The zero-order chi connectivity index (χ0) is 12.3. The lowest BCUT2D eigenvalue weighted by atomic mass is 10.3. The summed E-state index contributed by atoms with van der Waals surface area (Å²) >= 11 is 0. The van der Waals surface area contributed by atoms with Crippen LogP contribution in [0.25, 0.3) is 0 Å². The van der Waals surface area contributed by atoms with Crippen molar-refractivity contribution in [3.05, 3.63) is 17.5 Å². The fourth-order valence-electron chi connectivity index (χ4n) is 1.80. The number of ether oxygens (including phenoxy) is 1. The summed E-state index contributed by atoms with van der Waals surface area (Å²) in [6.45, 7) is 3.61. The van der Waals surface area contributed by atoms with Gasteiger partial charge < -0.3 is 19.1 Å². The number of methoxy groups -OCH3 is 1. The minimum Gasteiger partial charge on any atom is -0.377 e. The second-order valence-electron chi connectivity index (χ2n) is 4.21. The Morgan fingerprint density at radius 3 is 2.82 bits per heavy atom. The van der Waals surface area contributed by atoms with Crippen LogP contribution in [0, 0.1) is 0 Å². The van der Waals surface area contributed by atoms with Crippen molar-refractivity contribution in [3.63, 3.8) is 0 Å². The molecule has 1 amide bonds. The molecule has 1 aliphatic rings. The van der Waals surface area contributed by atoms with Crippen molar-refractivity contribution in [2.45, 2.75) is 6.61 Å². The quantitative estimate of drug-likeness (QED) is 0.754. The van der Waals surface area contributed by atoms with E-state index < -0.39 is 0 Å². The van der Waals surface area contributed by atoms with Gasteiger partial charge in [0.05, 0.1) is 0 Å². The maximum absolute atomic E-state index is 12.1. The van der Waals surface area contributed by atoms with Crippen molar-refractivity contribution in [2.24, 2.45) is 0 Å². The molecule has 0 saturated carbocycles. The highest BCUT2D eigenvalue weighted by Gasteiger charge is 2.23. The lowest BCUT2D eigenvalue weighted by Gasteiger charge is -2.31. The van der Waals surface area contributed by atoms with Crippen molar-refractivity contribution < 1.29 is 14.1 Å². The number of hydrogen-bond acceptors (Lipinski definition) is 5. The van der Waals surface area contributed by atoms with Gasteiger partial charge in [-0.1, -0.05) is 5.16 Å². The molecule has 6 nitrogen and oxygen atoms in total. The van der Waals surface area contributed by atoms with Gasteiger partial charge in [-0.25, -0.2) is 0 Å². The largest absolute Gasteiger partial charge is 0.377 e. The number of piperazine rings is 1. The van der Waals surface area contributed by atoms with Crippen LogP contribution < -0.4 is 0 Å². The molecule has 1 fully saturated rings. The Balaban J connectivity index is 1.98. The first kappa shape index (κ1) is 12.1. The maximum atomic E-state index is 12.1. The van der Waals surface area contributed by atoms with Crippen LogP contribution in [0.3, 0.4) is 0 Å². The average Bonchev–Trinajstić information content (AvgIpc) is 2.78. The van der Waals surface area contributed by atoms with E-state index in [1.807, 2.05) is 0 Å². The molecular weight excluding hydrogens is 222 g/mol. The summed E-state index contributed by atoms with van der Waals surface area (Å²) in [5.41, 5.74) is 0.363. The second kappa shape index (κ2) is 5.29. The Morgan fingerprint density at radius 1 is 1.47 bits per heavy atom. The van der Waals surface area contributed by atoms with E-state index in [0.717, 1.165) is 26.2 Å². The molecule has 1 aromatic heterocycles. The zero-order valence-electron chi connectivity index (χ0n) is 10.2. The zero-order valence-corrected chi connectivity index (χ0v) is 10.2. The summed E-state index contributed by atoms with van der Waals surface area (Å²) in [7, 11) is 3.62. The molecule has 1 aromatic rings. The van der Waals surface area contributed by atoms with E-state index in [2.05, 4.69) is 17.1 Å². The van der Waals surface area contributed by atoms with Gasteiger partial charge >= 0.3 is 0 Å². The van der Waals surface area contributed by atoms with Crippen molar-refractivity contribution >= 4 is 5.91 Å². The van der Waals surface area contributed by atoms with Crippen molar-refractivity contribution in [1.29, 1.82) is 0 Å². The van der Waals surface area contributed by atoms with Crippen LogP contribution >= 0.6 is 0 Å². The molecule has 2 rings (SSSR count). The third kappa shape index (κ3) is 2.83. The van der Waals surface area contributed by atoms with E-state index in [1.165, 1.54) is 0 Å². The fraction of sp³-hybridized carbons (Fsp3) is 0.636. The van der Waals surface area contributed by atoms with Gasteiger partial charge in [0.25, 0.3) is 5.91 Å². The van der Waals surface area contributed by atoms with Crippen LogP contribution in [0.1, 0.15) is 16.2 Å². The lowest BCUT2D eigenvalue weighted by molar-refractivity contribution is 0.0653. The summed E-state index contributed by atoms with van der Waals surface area (Å²) in [5.74, 6) is 0.509. The monoisotopic (exact) mass is 239 g/mol. The molecular formula is C11H17N3O3. The Kier molecular flexibility index (Phi) is 3.75. The van der Waals surface area contributed by atoms with E-state index in [-0.39, 0.29) is 5.91 Å². The van der Waals surface area contributed by atoms with E-state index in [1.54, 1.807) is 18.1 Å². The summed E-state index contributed by atoms with van der Waals surface area (Å²) in [5, 5.41) is 3.77. The highest BCUT2D eigenvalue weighted by atomic mass is 16.5. The highest BCUT2D eigenvalue weighted by molar-refractivity contribution is 5.92. The standard InChI is InChI=1S/C11H17N3O3/c1-13-3-5-14(6-4-13)11(15)10-7-9(8-16-2)17-12-10/h7H,3-6,8H2,1-2H3. The number of aromatic nitrogens is 1. The second-order valence-corrected chi connectivity index (χ2v) is 4.21. The third-order valence-corrected chi connectivity index (χ3v) is 2.86. The van der Waals surface area contributed by atoms with Crippen molar-refractivity contribution in [1.82, 2.24) is 15.0 Å². The molecule has 0 spiro atoms. The van der Waals surface area contributed by atoms with Crippen LogP contribution in [0.2, 0.25) is 0 Å². The molecule has 0 radical (unpaired) electrons. The van der Waals surface area contributed by atoms with Crippen LogP contribution in [0.15, 0.2) is 10.6 Å². The van der Waals surface area contributed by atoms with E-state index in [9.17, 15) is 4.79 Å². The van der Waals surface area contributed by atoms with Crippen LogP contribution in [-0.2, 0) is 11.3 Å². The first-order valence-corrected chi connectivity index (χ1v) is 5.63. The Morgan fingerprint density at radius 2 is 2.18 bits per heavy atom. The van der Waals surface area contributed by atoms with E-state index in [0.29, 0.717) is 18.1 Å². The molecule has 1 aliphatic heterocycles. The van der Waals surface area contributed by atoms with Gasteiger partial charge in [-0.15, -0.1) is 0 Å². The molecule has 0 N–H and O–H groups in total. The minimum absolute atomic E-state index is 0.0656. The van der Waals surface area contributed by atoms with Gasteiger partial charge in [0, 0.05) is 39.4 Å². The van der Waals surface area contributed by atoms with Gasteiger partial charge in [-0.2, -0.15) is 0 Å². The molecule has 0 unspecified atom stereocenters. The van der Waals surface area contributed by atoms with Gasteiger partial charge in [0.15, 0.2) is 11.5 Å². The van der Waals surface area contributed by atoms with E-state index in [4.69, 9.17) is 9.26 Å². The molecule has 94 valence electrons. The minimum atomic E-state index is -0.0656. The number of rotatable bonds is 3. The van der Waals surface area contributed by atoms with Crippen LogP contribution in [-0.4, -0.2) is 61.2 Å². The van der Waals surface area contributed by atoms with Crippen LogP contribution in [0.5, 0.6) is 0 Å². The van der Waals surface area contributed by atoms with Gasteiger partial charge in [0.2, 0.25) is 0 Å². The van der Waals surface area contributed by atoms with Crippen molar-refractivity contribution in [2.75, 3.05) is 40.3 Å². The molecule has 6 heteroatoms. The molecule has 0 aromatic carbocycles. The van der Waals surface area contributed by atoms with Crippen molar-refractivity contribution in [3.8, 4) is 0 Å². The van der Waals surface area contributed by atoms with E-state index >= 15 is 0 Å². The molecule has 0 bridgehead atoms. The third-order valence-electron chi connectivity index (χ3n) is 2.86. The number of amides is 1. The molecule has 0 atom stereocenters. The average molecular weight is 239 g/mol. The Labute approximate surface area is 100 Å². The highest BCUT2D eigenvalue weighted by Crippen LogP contribution is 2.09. The SMILES string of the molecule is COCc1cc(C(=O)N2CCN(C)CC2)no1. The van der Waals surface area contributed by atoms with Gasteiger partial charge in [-0.05, 0) is 7.05 Å². The first-order valence-electron chi connectivity index (χ1n) is 5.63. The molecule has 2 heterocycles. The number of likely N-dealkylation sites (N-methyl/N-ethyl adjacent to an activating group) is 1. The fourth-order valence-corrected chi connectivity index (χ4v) is 1.80. The number of nitrogens with zero attached hydrogens (tertiary/aromatic N) is 3. The lowest BCUT2D eigenvalue weighted by Crippen LogP contribution is -2.47. The Hall–Kier alpha value is -1.40. The van der Waals surface area contributed by atoms with Gasteiger partial charge in [0.1, 0.15) is 6.61 Å². The Bertz CT molecular complexity index is 383. The van der Waals surface area contributed by atoms with Gasteiger partial charge in [-0.3, -0.25) is 4.79 Å². The van der Waals surface area contributed by atoms with Crippen LogP contribution in [0.4, 0.5) is 0 Å². The number of carbonyl (C=O) groups excluding carboxylic acids is 1. The summed E-state index contributed by atoms with van der Waals surface area (Å²) in [4.78, 5) is 16.1. The molecule has 17 heavy (non-hydrogen) atoms. The topological polar surface area (TPSA) is 58.8 Å². The maximum Gasteiger partial charge on any atom is 0.276 e. The summed E-state index contributed by atoms with van der Waals surface area (Å²) in [6, 6.07) is 1.64. The number of carbonyl (C=O) groups is 1. The predicted octanol–water partition coefficient (Wildman–Crippen LogP) is 0.209. The summed E-state index contributed by atoms with van der Waals surface area (Å²) in [6.07, 6.45) is 0. The molecule has 0 aliphatic carbocycles.